The average Bonchev–Trinajstić information content (AvgIpc) is 1.82. The van der Waals surface area contributed by atoms with E-state index in [1.807, 2.05) is 0 Å². The molecule has 0 bridgehead atoms. The minimum atomic E-state index is -0.0338. The third-order valence-electron chi connectivity index (χ3n) is 0.923. The molecule has 0 rings (SSSR count). The molecule has 1 N–H and O–H groups in total. The fourth-order valence-electron chi connectivity index (χ4n) is 0.389. The van der Waals surface area contributed by atoms with E-state index in [1.54, 1.807) is 6.92 Å². The summed E-state index contributed by atoms with van der Waals surface area (Å²) in [7, 11) is -0.0338. The Hall–Kier alpha value is -0.573. The van der Waals surface area contributed by atoms with Gasteiger partial charge in [-0.25, -0.2) is 0 Å². The molecule has 0 aromatic heterocycles. The van der Waals surface area contributed by atoms with Crippen molar-refractivity contribution in [2.45, 2.75) is 13.5 Å². The molecular weight excluding hydrogens is 130 g/mol. The second kappa shape index (κ2) is 4.32. The highest BCUT2D eigenvalue weighted by molar-refractivity contribution is 6.34. The molecule has 0 saturated carbocycles. The van der Waals surface area contributed by atoms with Crippen molar-refractivity contribution >= 4 is 15.4 Å². The molecule has 3 heteroatoms. The van der Waals surface area contributed by atoms with E-state index < -0.39 is 0 Å². The molecule has 0 saturated heterocycles. The van der Waals surface area contributed by atoms with Crippen LogP contribution in [-0.4, -0.2) is 21.6 Å². The highest BCUT2D eigenvalue weighted by Crippen LogP contribution is 1.83. The van der Waals surface area contributed by atoms with Crippen molar-refractivity contribution in [2.75, 3.05) is 6.17 Å². The molecule has 0 heterocycles. The van der Waals surface area contributed by atoms with Gasteiger partial charge < -0.3 is 5.32 Å². The molecule has 0 aliphatic rings. The second-order valence-electron chi connectivity index (χ2n) is 2.04. The smallest absolute Gasteiger partial charge is 0.246 e. The van der Waals surface area contributed by atoms with Crippen molar-refractivity contribution in [3.05, 3.63) is 12.2 Å². The van der Waals surface area contributed by atoms with Crippen molar-refractivity contribution in [2.24, 2.45) is 0 Å². The highest BCUT2D eigenvalue weighted by Gasteiger charge is 1.96. The van der Waals surface area contributed by atoms with Crippen LogP contribution in [0, 0.1) is 0 Å². The van der Waals surface area contributed by atoms with Gasteiger partial charge >= 0.3 is 0 Å². The van der Waals surface area contributed by atoms with Gasteiger partial charge in [-0.3, -0.25) is 4.79 Å². The number of carbonyl (C=O) groups is 1. The van der Waals surface area contributed by atoms with Gasteiger partial charge in [0.2, 0.25) is 5.91 Å². The Balaban J connectivity index is 3.39. The molecule has 0 atom stereocenters. The zero-order chi connectivity index (χ0) is 7.28. The summed E-state index contributed by atoms with van der Waals surface area (Å²) in [6, 6.07) is 0. The van der Waals surface area contributed by atoms with Gasteiger partial charge in [-0.15, -0.1) is 0 Å². The first-order valence-electron chi connectivity index (χ1n) is 3.12. The molecule has 0 aliphatic heterocycles. The van der Waals surface area contributed by atoms with Crippen molar-refractivity contribution in [1.29, 1.82) is 0 Å². The molecule has 2 nitrogen and oxygen atoms in total. The van der Waals surface area contributed by atoms with Crippen LogP contribution in [0.1, 0.15) is 6.92 Å². The van der Waals surface area contributed by atoms with E-state index in [0.717, 1.165) is 6.17 Å². The number of hydrogen-bond acceptors (Lipinski definition) is 1. The van der Waals surface area contributed by atoms with E-state index in [9.17, 15) is 4.79 Å². The predicted molar refractivity (Wildman–Crippen MR) is 42.2 cm³/mol. The van der Waals surface area contributed by atoms with Crippen LogP contribution in [0.4, 0.5) is 0 Å². The molecule has 0 radical (unpaired) electrons. The van der Waals surface area contributed by atoms with E-state index in [0.29, 0.717) is 5.57 Å². The SMILES string of the molecule is C=C(C)C(=O)NC[SiH2]C. The van der Waals surface area contributed by atoms with E-state index in [1.165, 1.54) is 0 Å². The Bertz CT molecular complexity index is 122. The maximum Gasteiger partial charge on any atom is 0.246 e. The second-order valence-corrected chi connectivity index (χ2v) is 3.54. The maximum absolute atomic E-state index is 10.7. The molecule has 9 heavy (non-hydrogen) atoms. The first kappa shape index (κ1) is 8.43. The van der Waals surface area contributed by atoms with Crippen molar-refractivity contribution < 1.29 is 4.79 Å². The Morgan fingerprint density at radius 2 is 2.33 bits per heavy atom. The standard InChI is InChI=1S/C6H13NOSi/c1-5(2)6(8)7-4-9-3/h1,4,9H2,2-3H3,(H,7,8). The molecule has 1 amide bonds. The Kier molecular flexibility index (Phi) is 4.04. The summed E-state index contributed by atoms with van der Waals surface area (Å²) in [6.45, 7) is 7.38. The first-order valence-corrected chi connectivity index (χ1v) is 5.53. The molecular formula is C6H13NOSi. The molecule has 0 aromatic carbocycles. The zero-order valence-corrected chi connectivity index (χ0v) is 7.44. The highest BCUT2D eigenvalue weighted by atomic mass is 28.2. The normalized spacial score (nSPS) is 10.0. The van der Waals surface area contributed by atoms with Crippen LogP contribution in [0.15, 0.2) is 12.2 Å². The van der Waals surface area contributed by atoms with Gasteiger partial charge in [0.05, 0.1) is 0 Å². The van der Waals surface area contributed by atoms with E-state index in [-0.39, 0.29) is 15.4 Å². The largest absolute Gasteiger partial charge is 0.356 e. The first-order chi connectivity index (χ1) is 4.18. The van der Waals surface area contributed by atoms with Crippen LogP contribution >= 0.6 is 0 Å². The summed E-state index contributed by atoms with van der Waals surface area (Å²) in [5, 5.41) is 2.76. The number of hydrogen-bond donors (Lipinski definition) is 1. The lowest BCUT2D eigenvalue weighted by molar-refractivity contribution is -0.117. The third kappa shape index (κ3) is 3.97. The summed E-state index contributed by atoms with van der Waals surface area (Å²) in [4.78, 5) is 10.7. The van der Waals surface area contributed by atoms with Crippen molar-refractivity contribution in [3.63, 3.8) is 0 Å². The van der Waals surface area contributed by atoms with E-state index >= 15 is 0 Å². The fraction of sp³-hybridized carbons (Fsp3) is 0.500. The lowest BCUT2D eigenvalue weighted by Gasteiger charge is -1.99. The molecule has 0 spiro atoms. The van der Waals surface area contributed by atoms with Gasteiger partial charge in [0.25, 0.3) is 0 Å². The number of rotatable bonds is 3. The molecule has 52 valence electrons. The summed E-state index contributed by atoms with van der Waals surface area (Å²) < 4.78 is 0. The van der Waals surface area contributed by atoms with Gasteiger partial charge in [-0.1, -0.05) is 13.1 Å². The van der Waals surface area contributed by atoms with Gasteiger partial charge in [0.15, 0.2) is 0 Å². The van der Waals surface area contributed by atoms with Gasteiger partial charge in [0.1, 0.15) is 0 Å². The van der Waals surface area contributed by atoms with Crippen molar-refractivity contribution in [1.82, 2.24) is 5.32 Å². The van der Waals surface area contributed by atoms with Crippen LogP contribution in [0.2, 0.25) is 6.55 Å². The number of amides is 1. The molecule has 0 aliphatic carbocycles. The Labute approximate surface area is 58.2 Å². The minimum Gasteiger partial charge on any atom is -0.356 e. The Morgan fingerprint density at radius 3 is 2.67 bits per heavy atom. The van der Waals surface area contributed by atoms with Crippen molar-refractivity contribution in [3.8, 4) is 0 Å². The summed E-state index contributed by atoms with van der Waals surface area (Å²) >= 11 is 0. The van der Waals surface area contributed by atoms with Crippen LogP contribution in [0.5, 0.6) is 0 Å². The third-order valence-corrected chi connectivity index (χ3v) is 1.67. The molecule has 0 aromatic rings. The van der Waals surface area contributed by atoms with Gasteiger partial charge in [-0.05, 0) is 6.92 Å². The lowest BCUT2D eigenvalue weighted by Crippen LogP contribution is -2.27. The van der Waals surface area contributed by atoms with Crippen LogP contribution in [0.25, 0.3) is 0 Å². The van der Waals surface area contributed by atoms with Crippen LogP contribution < -0.4 is 5.32 Å². The quantitative estimate of drug-likeness (QED) is 0.432. The topological polar surface area (TPSA) is 29.1 Å². The molecule has 0 fully saturated rings. The summed E-state index contributed by atoms with van der Waals surface area (Å²) in [6.07, 6.45) is 0.881. The van der Waals surface area contributed by atoms with Gasteiger partial charge in [0, 0.05) is 21.3 Å². The monoisotopic (exact) mass is 143 g/mol. The fourth-order valence-corrected chi connectivity index (χ4v) is 0.866. The van der Waals surface area contributed by atoms with E-state index in [4.69, 9.17) is 0 Å². The summed E-state index contributed by atoms with van der Waals surface area (Å²) in [5.74, 6) is -0.00986. The van der Waals surface area contributed by atoms with Crippen LogP contribution in [-0.2, 0) is 4.79 Å². The molecule has 0 unspecified atom stereocenters. The summed E-state index contributed by atoms with van der Waals surface area (Å²) in [5.41, 5.74) is 0.595. The number of carbonyl (C=O) groups excluding carboxylic acids is 1. The van der Waals surface area contributed by atoms with Crippen LogP contribution in [0.3, 0.4) is 0 Å². The van der Waals surface area contributed by atoms with E-state index in [2.05, 4.69) is 18.4 Å². The average molecular weight is 143 g/mol. The number of nitrogens with one attached hydrogen (secondary N) is 1. The van der Waals surface area contributed by atoms with Gasteiger partial charge in [-0.2, -0.15) is 0 Å². The zero-order valence-electron chi connectivity index (χ0n) is 6.03. The predicted octanol–water partition coefficient (Wildman–Crippen LogP) is -0.147. The lowest BCUT2D eigenvalue weighted by atomic mass is 10.3. The Morgan fingerprint density at radius 1 is 1.78 bits per heavy atom. The minimum absolute atomic E-state index is 0.00986. The maximum atomic E-state index is 10.7.